The van der Waals surface area contributed by atoms with Gasteiger partial charge in [-0.05, 0) is 19.1 Å². The number of aryl methyl sites for hydroxylation is 1. The van der Waals surface area contributed by atoms with Crippen molar-refractivity contribution in [3.63, 3.8) is 0 Å². The van der Waals surface area contributed by atoms with Crippen LogP contribution in [0.4, 0.5) is 15.9 Å². The van der Waals surface area contributed by atoms with Gasteiger partial charge in [-0.2, -0.15) is 5.10 Å². The zero-order chi connectivity index (χ0) is 14.0. The second-order valence-electron chi connectivity index (χ2n) is 3.81. The normalized spacial score (nSPS) is 10.2. The quantitative estimate of drug-likeness (QED) is 0.654. The minimum atomic E-state index is -0.794. The van der Waals surface area contributed by atoms with Gasteiger partial charge in [0.1, 0.15) is 11.4 Å². The van der Waals surface area contributed by atoms with Crippen LogP contribution in [-0.2, 0) is 0 Å². The molecule has 0 aliphatic carbocycles. The number of rotatable bonds is 3. The molecule has 2 rings (SSSR count). The summed E-state index contributed by atoms with van der Waals surface area (Å²) in [5, 5.41) is 19.5. The standard InChI is InChI=1S/C11H9FN4O3/c1-6-4-10(15-14-6)13-11(17)8-5-7(12)2-3-9(8)16(18)19/h2-5H,1H3,(H2,13,14,15,17). The Balaban J connectivity index is 2.32. The van der Waals surface area contributed by atoms with Gasteiger partial charge in [0.25, 0.3) is 11.6 Å². The summed E-state index contributed by atoms with van der Waals surface area (Å²) in [6.07, 6.45) is 0. The van der Waals surface area contributed by atoms with Crippen LogP contribution in [0.5, 0.6) is 0 Å². The third kappa shape index (κ3) is 2.73. The van der Waals surface area contributed by atoms with Crippen LogP contribution >= 0.6 is 0 Å². The number of nitro groups is 1. The number of halogens is 1. The molecule has 1 heterocycles. The highest BCUT2D eigenvalue weighted by Crippen LogP contribution is 2.20. The largest absolute Gasteiger partial charge is 0.305 e. The first-order chi connectivity index (χ1) is 8.97. The van der Waals surface area contributed by atoms with Gasteiger partial charge in [0.05, 0.1) is 4.92 Å². The average Bonchev–Trinajstić information content (AvgIpc) is 2.74. The molecular weight excluding hydrogens is 255 g/mol. The van der Waals surface area contributed by atoms with E-state index in [1.165, 1.54) is 0 Å². The Kier molecular flexibility index (Phi) is 3.23. The molecule has 7 nitrogen and oxygen atoms in total. The lowest BCUT2D eigenvalue weighted by Gasteiger charge is -2.03. The maximum absolute atomic E-state index is 13.1. The highest BCUT2D eigenvalue weighted by molar-refractivity contribution is 6.06. The molecule has 0 fully saturated rings. The summed E-state index contributed by atoms with van der Waals surface area (Å²) < 4.78 is 13.1. The predicted octanol–water partition coefficient (Wildman–Crippen LogP) is 2.02. The van der Waals surface area contributed by atoms with E-state index in [-0.39, 0.29) is 11.4 Å². The summed E-state index contributed by atoms with van der Waals surface area (Å²) in [6.45, 7) is 1.73. The molecule has 0 bridgehead atoms. The van der Waals surface area contributed by atoms with Crippen LogP contribution in [0.25, 0.3) is 0 Å². The van der Waals surface area contributed by atoms with Crippen LogP contribution in [0.15, 0.2) is 24.3 Å². The predicted molar refractivity (Wildman–Crippen MR) is 64.3 cm³/mol. The van der Waals surface area contributed by atoms with Crippen LogP contribution in [0, 0.1) is 22.9 Å². The van der Waals surface area contributed by atoms with E-state index in [1.807, 2.05) is 0 Å². The van der Waals surface area contributed by atoms with Gasteiger partial charge in [-0.25, -0.2) is 4.39 Å². The van der Waals surface area contributed by atoms with Crippen molar-refractivity contribution in [2.24, 2.45) is 0 Å². The summed E-state index contributed by atoms with van der Waals surface area (Å²) >= 11 is 0. The Bertz CT molecular complexity index is 653. The number of amides is 1. The zero-order valence-corrected chi connectivity index (χ0v) is 9.81. The number of benzene rings is 1. The molecule has 0 spiro atoms. The van der Waals surface area contributed by atoms with Gasteiger partial charge in [-0.1, -0.05) is 0 Å². The molecule has 19 heavy (non-hydrogen) atoms. The van der Waals surface area contributed by atoms with Gasteiger partial charge < -0.3 is 5.32 Å². The average molecular weight is 264 g/mol. The summed E-state index contributed by atoms with van der Waals surface area (Å²) in [7, 11) is 0. The zero-order valence-electron chi connectivity index (χ0n) is 9.81. The first-order valence-corrected chi connectivity index (χ1v) is 5.24. The number of aromatic nitrogens is 2. The van der Waals surface area contributed by atoms with Crippen molar-refractivity contribution in [1.82, 2.24) is 10.2 Å². The molecule has 0 unspecified atom stereocenters. The highest BCUT2D eigenvalue weighted by Gasteiger charge is 2.21. The lowest BCUT2D eigenvalue weighted by molar-refractivity contribution is -0.385. The molecule has 2 N–H and O–H groups in total. The monoisotopic (exact) mass is 264 g/mol. The minimum absolute atomic E-state index is 0.209. The fourth-order valence-electron chi connectivity index (χ4n) is 1.52. The van der Waals surface area contributed by atoms with Gasteiger partial charge in [0.2, 0.25) is 0 Å². The van der Waals surface area contributed by atoms with Crippen LogP contribution in [0.1, 0.15) is 16.1 Å². The van der Waals surface area contributed by atoms with E-state index in [1.54, 1.807) is 13.0 Å². The van der Waals surface area contributed by atoms with Crippen LogP contribution in [-0.4, -0.2) is 21.0 Å². The van der Waals surface area contributed by atoms with E-state index in [0.717, 1.165) is 18.2 Å². The Morgan fingerprint density at radius 3 is 2.79 bits per heavy atom. The van der Waals surface area contributed by atoms with Crippen molar-refractivity contribution in [2.75, 3.05) is 5.32 Å². The number of carbonyl (C=O) groups excluding carboxylic acids is 1. The molecule has 98 valence electrons. The molecule has 1 aromatic carbocycles. The number of anilines is 1. The summed E-state index contributed by atoms with van der Waals surface area (Å²) in [5.74, 6) is -1.31. The minimum Gasteiger partial charge on any atom is -0.305 e. The third-order valence-corrected chi connectivity index (χ3v) is 2.35. The van der Waals surface area contributed by atoms with Crippen LogP contribution in [0.2, 0.25) is 0 Å². The van der Waals surface area contributed by atoms with Gasteiger partial charge in [0.15, 0.2) is 5.82 Å². The SMILES string of the molecule is Cc1cc(NC(=O)c2cc(F)ccc2[N+](=O)[O-])n[nH]1. The molecule has 0 saturated heterocycles. The molecule has 0 radical (unpaired) electrons. The Morgan fingerprint density at radius 1 is 1.47 bits per heavy atom. The molecule has 0 atom stereocenters. The maximum atomic E-state index is 13.1. The number of hydrogen-bond acceptors (Lipinski definition) is 4. The number of aromatic amines is 1. The van der Waals surface area contributed by atoms with Gasteiger partial charge in [-0.15, -0.1) is 0 Å². The highest BCUT2D eigenvalue weighted by atomic mass is 19.1. The van der Waals surface area contributed by atoms with Crippen molar-refractivity contribution in [1.29, 1.82) is 0 Å². The lowest BCUT2D eigenvalue weighted by Crippen LogP contribution is -2.14. The van der Waals surface area contributed by atoms with Gasteiger partial charge >= 0.3 is 0 Å². The molecule has 0 aliphatic heterocycles. The molecule has 1 amide bonds. The van der Waals surface area contributed by atoms with E-state index >= 15 is 0 Å². The Morgan fingerprint density at radius 2 is 2.21 bits per heavy atom. The molecule has 1 aromatic heterocycles. The third-order valence-electron chi connectivity index (χ3n) is 2.35. The van der Waals surface area contributed by atoms with E-state index in [4.69, 9.17) is 0 Å². The van der Waals surface area contributed by atoms with E-state index in [2.05, 4.69) is 15.5 Å². The van der Waals surface area contributed by atoms with Crippen LogP contribution < -0.4 is 5.32 Å². The Labute approximate surface area is 106 Å². The first-order valence-electron chi connectivity index (χ1n) is 5.24. The first kappa shape index (κ1) is 12.7. The van der Waals surface area contributed by atoms with Crippen molar-refractivity contribution in [2.45, 2.75) is 6.92 Å². The maximum Gasteiger partial charge on any atom is 0.282 e. The Hall–Kier alpha value is -2.77. The molecule has 0 aliphatic rings. The molecule has 8 heteroatoms. The topological polar surface area (TPSA) is 101 Å². The summed E-state index contributed by atoms with van der Waals surface area (Å²) in [5.41, 5.74) is -0.110. The van der Waals surface area contributed by atoms with Crippen molar-refractivity contribution in [3.05, 3.63) is 51.5 Å². The van der Waals surface area contributed by atoms with Crippen molar-refractivity contribution >= 4 is 17.4 Å². The second kappa shape index (κ2) is 4.84. The summed E-state index contributed by atoms with van der Waals surface area (Å²) in [6, 6.07) is 4.23. The van der Waals surface area contributed by atoms with E-state index in [9.17, 15) is 19.3 Å². The number of H-pyrrole nitrogens is 1. The lowest BCUT2D eigenvalue weighted by atomic mass is 10.1. The van der Waals surface area contributed by atoms with E-state index in [0.29, 0.717) is 5.69 Å². The molecule has 0 saturated carbocycles. The number of nitrogens with zero attached hydrogens (tertiary/aromatic N) is 2. The van der Waals surface area contributed by atoms with Crippen LogP contribution in [0.3, 0.4) is 0 Å². The molecule has 2 aromatic rings. The number of hydrogen-bond donors (Lipinski definition) is 2. The second-order valence-corrected chi connectivity index (χ2v) is 3.81. The fourth-order valence-corrected chi connectivity index (χ4v) is 1.52. The molecular formula is C11H9FN4O3. The van der Waals surface area contributed by atoms with Crippen molar-refractivity contribution < 1.29 is 14.1 Å². The number of carbonyl (C=O) groups is 1. The number of nitro benzene ring substituents is 1. The van der Waals surface area contributed by atoms with Gasteiger partial charge in [-0.3, -0.25) is 20.0 Å². The smallest absolute Gasteiger partial charge is 0.282 e. The van der Waals surface area contributed by atoms with Gasteiger partial charge in [0, 0.05) is 17.8 Å². The van der Waals surface area contributed by atoms with Crippen molar-refractivity contribution in [3.8, 4) is 0 Å². The van der Waals surface area contributed by atoms with E-state index < -0.39 is 22.3 Å². The number of nitrogens with one attached hydrogen (secondary N) is 2. The fraction of sp³-hybridized carbons (Fsp3) is 0.0909. The summed E-state index contributed by atoms with van der Waals surface area (Å²) in [4.78, 5) is 21.9.